The van der Waals surface area contributed by atoms with Gasteiger partial charge in [-0.15, -0.1) is 0 Å². The first-order valence-corrected chi connectivity index (χ1v) is 8.41. The van der Waals surface area contributed by atoms with Crippen molar-refractivity contribution >= 4 is 11.7 Å². The molecule has 0 aromatic heterocycles. The number of carbonyl (C=O) groups is 1. The van der Waals surface area contributed by atoms with Gasteiger partial charge < -0.3 is 14.7 Å². The molecule has 23 heavy (non-hydrogen) atoms. The van der Waals surface area contributed by atoms with Gasteiger partial charge in [-0.05, 0) is 51.0 Å². The third-order valence-electron chi connectivity index (χ3n) is 4.92. The van der Waals surface area contributed by atoms with Gasteiger partial charge in [-0.2, -0.15) is 0 Å². The van der Waals surface area contributed by atoms with Crippen molar-refractivity contribution in [3.63, 3.8) is 0 Å². The lowest BCUT2D eigenvalue weighted by molar-refractivity contribution is -0.147. The van der Waals surface area contributed by atoms with Gasteiger partial charge in [0.1, 0.15) is 11.9 Å². The first kappa shape index (κ1) is 16.1. The second kappa shape index (κ2) is 6.40. The lowest BCUT2D eigenvalue weighted by Crippen LogP contribution is -2.47. The molecular formula is C18H26N2O3. The smallest absolute Gasteiger partial charge is 0.311 e. The number of esters is 1. The molecule has 0 saturated carbocycles. The zero-order valence-corrected chi connectivity index (χ0v) is 14.0. The highest BCUT2D eigenvalue weighted by Gasteiger charge is 2.41. The van der Waals surface area contributed by atoms with Gasteiger partial charge in [0.2, 0.25) is 0 Å². The third kappa shape index (κ3) is 3.78. The number of carbonyl (C=O) groups excluding carboxylic acids is 1. The summed E-state index contributed by atoms with van der Waals surface area (Å²) in [6, 6.07) is 7.39. The summed E-state index contributed by atoms with van der Waals surface area (Å²) >= 11 is 0. The average molecular weight is 318 g/mol. The van der Waals surface area contributed by atoms with E-state index in [1.807, 2.05) is 26.0 Å². The number of aromatic hydroxyl groups is 1. The molecule has 2 heterocycles. The van der Waals surface area contributed by atoms with Crippen LogP contribution in [-0.2, 0) is 9.53 Å². The molecule has 0 amide bonds. The molecule has 1 N–H and O–H groups in total. The van der Waals surface area contributed by atoms with E-state index in [4.69, 9.17) is 4.74 Å². The summed E-state index contributed by atoms with van der Waals surface area (Å²) in [5, 5.41) is 9.36. The Balaban J connectivity index is 1.43. The predicted octanol–water partition coefficient (Wildman–Crippen LogP) is 2.25. The number of phenolic OH excluding ortho intramolecular Hbond substituents is 1. The molecule has 0 bridgehead atoms. The molecule has 0 aliphatic carbocycles. The van der Waals surface area contributed by atoms with Crippen LogP contribution in [0.5, 0.6) is 5.75 Å². The normalized spacial score (nSPS) is 24.7. The van der Waals surface area contributed by atoms with E-state index in [2.05, 4.69) is 9.80 Å². The fraction of sp³-hybridized carbons (Fsp3) is 0.611. The van der Waals surface area contributed by atoms with Crippen molar-refractivity contribution in [3.05, 3.63) is 24.3 Å². The number of phenols is 1. The lowest BCUT2D eigenvalue weighted by atomic mass is 9.89. The van der Waals surface area contributed by atoms with Crippen molar-refractivity contribution in [1.29, 1.82) is 0 Å². The summed E-state index contributed by atoms with van der Waals surface area (Å²) in [4.78, 5) is 16.5. The Morgan fingerprint density at radius 3 is 2.39 bits per heavy atom. The maximum Gasteiger partial charge on any atom is 0.311 e. The van der Waals surface area contributed by atoms with Crippen LogP contribution in [0.15, 0.2) is 24.3 Å². The minimum absolute atomic E-state index is 0.0559. The Labute approximate surface area is 137 Å². The second-order valence-electron chi connectivity index (χ2n) is 7.25. The third-order valence-corrected chi connectivity index (χ3v) is 4.92. The monoisotopic (exact) mass is 318 g/mol. The van der Waals surface area contributed by atoms with Crippen LogP contribution >= 0.6 is 0 Å². The van der Waals surface area contributed by atoms with Gasteiger partial charge >= 0.3 is 5.97 Å². The van der Waals surface area contributed by atoms with Crippen molar-refractivity contribution in [3.8, 4) is 5.75 Å². The summed E-state index contributed by atoms with van der Waals surface area (Å²) in [6.45, 7) is 8.92. The van der Waals surface area contributed by atoms with E-state index in [9.17, 15) is 9.90 Å². The van der Waals surface area contributed by atoms with Crippen LogP contribution in [0.3, 0.4) is 0 Å². The Morgan fingerprint density at radius 2 is 1.83 bits per heavy atom. The molecule has 126 valence electrons. The van der Waals surface area contributed by atoms with Crippen LogP contribution in [0.25, 0.3) is 0 Å². The quantitative estimate of drug-likeness (QED) is 0.863. The maximum atomic E-state index is 11.7. The molecule has 1 aromatic carbocycles. The van der Waals surface area contributed by atoms with Crippen LogP contribution in [0.2, 0.25) is 0 Å². The molecule has 5 nitrogen and oxygen atoms in total. The Morgan fingerprint density at radius 1 is 1.17 bits per heavy atom. The highest BCUT2D eigenvalue weighted by atomic mass is 16.6. The van der Waals surface area contributed by atoms with Crippen molar-refractivity contribution in [2.75, 3.05) is 37.6 Å². The van der Waals surface area contributed by atoms with Crippen LogP contribution in [0.1, 0.15) is 26.7 Å². The largest absolute Gasteiger partial charge is 0.508 e. The van der Waals surface area contributed by atoms with Gasteiger partial charge in [0.05, 0.1) is 5.41 Å². The number of hydrogen-bond acceptors (Lipinski definition) is 5. The SMILES string of the molecule is CC1(C)CC(CCN2CCN(c3ccc(O)cc3)CC2)OC1=O. The molecule has 2 saturated heterocycles. The predicted molar refractivity (Wildman–Crippen MR) is 89.7 cm³/mol. The number of ether oxygens (including phenoxy) is 1. The Hall–Kier alpha value is -1.75. The number of nitrogens with zero attached hydrogens (tertiary/aromatic N) is 2. The highest BCUT2D eigenvalue weighted by molar-refractivity contribution is 5.78. The summed E-state index contributed by atoms with van der Waals surface area (Å²) in [5.41, 5.74) is 0.844. The summed E-state index contributed by atoms with van der Waals surface area (Å²) < 4.78 is 5.47. The average Bonchev–Trinajstić information content (AvgIpc) is 2.79. The molecule has 1 unspecified atom stereocenters. The summed E-state index contributed by atoms with van der Waals surface area (Å²) in [5.74, 6) is 0.251. The second-order valence-corrected chi connectivity index (χ2v) is 7.25. The van der Waals surface area contributed by atoms with Crippen LogP contribution in [-0.4, -0.2) is 54.8 Å². The number of cyclic esters (lactones) is 1. The number of benzene rings is 1. The molecule has 2 fully saturated rings. The number of anilines is 1. The van der Waals surface area contributed by atoms with Crippen molar-refractivity contribution in [2.45, 2.75) is 32.8 Å². The molecule has 1 atom stereocenters. The molecule has 0 spiro atoms. The molecule has 2 aliphatic heterocycles. The Bertz CT molecular complexity index is 548. The van der Waals surface area contributed by atoms with Gasteiger partial charge in [0.25, 0.3) is 0 Å². The molecule has 0 radical (unpaired) electrons. The van der Waals surface area contributed by atoms with E-state index in [0.29, 0.717) is 5.75 Å². The van der Waals surface area contributed by atoms with Gasteiger partial charge in [0, 0.05) is 38.4 Å². The fourth-order valence-corrected chi connectivity index (χ4v) is 3.39. The van der Waals surface area contributed by atoms with Gasteiger partial charge in [0.15, 0.2) is 0 Å². The standard InChI is InChI=1S/C18H26N2O3/c1-18(2)13-16(23-17(18)22)7-8-19-9-11-20(12-10-19)14-3-5-15(21)6-4-14/h3-6,16,21H,7-13H2,1-2H3. The van der Waals surface area contributed by atoms with Gasteiger partial charge in [-0.25, -0.2) is 0 Å². The van der Waals surface area contributed by atoms with Crippen molar-refractivity contribution in [2.24, 2.45) is 5.41 Å². The van der Waals surface area contributed by atoms with Gasteiger partial charge in [-0.3, -0.25) is 9.69 Å². The lowest BCUT2D eigenvalue weighted by Gasteiger charge is -2.36. The molecule has 3 rings (SSSR count). The van der Waals surface area contributed by atoms with E-state index in [0.717, 1.165) is 51.3 Å². The molecule has 1 aromatic rings. The fourth-order valence-electron chi connectivity index (χ4n) is 3.39. The van der Waals surface area contributed by atoms with Crippen LogP contribution in [0, 0.1) is 5.41 Å². The first-order chi connectivity index (χ1) is 10.9. The summed E-state index contributed by atoms with van der Waals surface area (Å²) in [6.07, 6.45) is 1.83. The molecular weight excluding hydrogens is 292 g/mol. The van der Waals surface area contributed by atoms with Gasteiger partial charge in [-0.1, -0.05) is 0 Å². The van der Waals surface area contributed by atoms with E-state index in [1.54, 1.807) is 12.1 Å². The van der Waals surface area contributed by atoms with E-state index >= 15 is 0 Å². The van der Waals surface area contributed by atoms with E-state index < -0.39 is 0 Å². The topological polar surface area (TPSA) is 53.0 Å². The van der Waals surface area contributed by atoms with Crippen molar-refractivity contribution < 1.29 is 14.6 Å². The summed E-state index contributed by atoms with van der Waals surface area (Å²) in [7, 11) is 0. The van der Waals surface area contributed by atoms with E-state index in [1.165, 1.54) is 0 Å². The number of hydrogen-bond donors (Lipinski definition) is 1. The van der Waals surface area contributed by atoms with Crippen LogP contribution < -0.4 is 4.90 Å². The Kier molecular flexibility index (Phi) is 4.48. The van der Waals surface area contributed by atoms with E-state index in [-0.39, 0.29) is 17.5 Å². The molecule has 5 heteroatoms. The zero-order chi connectivity index (χ0) is 16.4. The minimum Gasteiger partial charge on any atom is -0.508 e. The maximum absolute atomic E-state index is 11.7. The first-order valence-electron chi connectivity index (χ1n) is 8.41. The number of piperazine rings is 1. The minimum atomic E-state index is -0.317. The van der Waals surface area contributed by atoms with Crippen molar-refractivity contribution in [1.82, 2.24) is 4.90 Å². The van der Waals surface area contributed by atoms with Crippen LogP contribution in [0.4, 0.5) is 5.69 Å². The molecule has 2 aliphatic rings. The highest BCUT2D eigenvalue weighted by Crippen LogP contribution is 2.34. The zero-order valence-electron chi connectivity index (χ0n) is 14.0. The number of rotatable bonds is 4.